The van der Waals surface area contributed by atoms with E-state index in [0.29, 0.717) is 11.5 Å². The number of hydrogen-bond acceptors (Lipinski definition) is 3. The molecule has 0 atom stereocenters. The summed E-state index contributed by atoms with van der Waals surface area (Å²) in [5.74, 6) is -0.143. The molecule has 0 radical (unpaired) electrons. The minimum atomic E-state index is -4.49. The monoisotopic (exact) mass is 397 g/mol. The van der Waals surface area contributed by atoms with Crippen molar-refractivity contribution in [3.05, 3.63) is 90.6 Å². The minimum absolute atomic E-state index is 0.184. The van der Waals surface area contributed by atoms with Gasteiger partial charge in [0.05, 0.1) is 29.3 Å². The maximum Gasteiger partial charge on any atom is 0.416 e. The lowest BCUT2D eigenvalue weighted by molar-refractivity contribution is -0.137. The Morgan fingerprint density at radius 2 is 1.79 bits per heavy atom. The molecule has 0 aliphatic carbocycles. The summed E-state index contributed by atoms with van der Waals surface area (Å²) in [5, 5.41) is 6.89. The molecule has 1 amide bonds. The van der Waals surface area contributed by atoms with Gasteiger partial charge in [-0.1, -0.05) is 6.07 Å². The lowest BCUT2D eigenvalue weighted by Gasteiger charge is -2.13. The molecule has 29 heavy (non-hydrogen) atoms. The largest absolute Gasteiger partial charge is 0.416 e. The standard InChI is InChI=1S/C20H14F3N5O/c21-20(22,23)14-5-3-7-16(11-14)28-19(27-9-1-2-10-27)17(13-25-28)18(29)26-15-6-4-8-24-12-15/h1-13H,(H,26,29). The number of carbonyl (C=O) groups is 1. The molecule has 0 saturated heterocycles. The highest BCUT2D eigenvalue weighted by molar-refractivity contribution is 6.06. The van der Waals surface area contributed by atoms with E-state index in [4.69, 9.17) is 0 Å². The van der Waals surface area contributed by atoms with E-state index in [-0.39, 0.29) is 11.3 Å². The number of anilines is 1. The first-order valence-corrected chi connectivity index (χ1v) is 8.54. The van der Waals surface area contributed by atoms with Crippen LogP contribution in [0.3, 0.4) is 0 Å². The van der Waals surface area contributed by atoms with Gasteiger partial charge < -0.3 is 9.88 Å². The lowest BCUT2D eigenvalue weighted by atomic mass is 10.2. The molecule has 1 aromatic carbocycles. The molecular formula is C20H14F3N5O. The van der Waals surface area contributed by atoms with Crippen molar-refractivity contribution in [3.8, 4) is 11.5 Å². The van der Waals surface area contributed by atoms with Crippen molar-refractivity contribution >= 4 is 11.6 Å². The number of alkyl halides is 3. The van der Waals surface area contributed by atoms with Crippen LogP contribution in [0, 0.1) is 0 Å². The molecule has 0 fully saturated rings. The topological polar surface area (TPSA) is 64.7 Å². The van der Waals surface area contributed by atoms with E-state index in [2.05, 4.69) is 15.4 Å². The van der Waals surface area contributed by atoms with Gasteiger partial charge in [0.2, 0.25) is 0 Å². The normalized spacial score (nSPS) is 11.4. The molecule has 4 rings (SSSR count). The van der Waals surface area contributed by atoms with Crippen LogP contribution in [0.5, 0.6) is 0 Å². The summed E-state index contributed by atoms with van der Waals surface area (Å²) in [6, 6.07) is 11.6. The Kier molecular flexibility index (Phi) is 4.63. The highest BCUT2D eigenvalue weighted by atomic mass is 19.4. The smallest absolute Gasteiger partial charge is 0.320 e. The zero-order valence-corrected chi connectivity index (χ0v) is 14.8. The van der Waals surface area contributed by atoms with Gasteiger partial charge in [0.25, 0.3) is 5.91 Å². The van der Waals surface area contributed by atoms with E-state index in [0.717, 1.165) is 12.1 Å². The highest BCUT2D eigenvalue weighted by Crippen LogP contribution is 2.31. The number of rotatable bonds is 4. The Morgan fingerprint density at radius 1 is 1.00 bits per heavy atom. The van der Waals surface area contributed by atoms with Gasteiger partial charge >= 0.3 is 6.18 Å². The van der Waals surface area contributed by atoms with E-state index >= 15 is 0 Å². The van der Waals surface area contributed by atoms with Crippen LogP contribution in [0.15, 0.2) is 79.5 Å². The summed E-state index contributed by atoms with van der Waals surface area (Å²) in [6.07, 6.45) is 3.26. The first-order valence-electron chi connectivity index (χ1n) is 8.54. The van der Waals surface area contributed by atoms with Crippen molar-refractivity contribution in [2.75, 3.05) is 5.32 Å². The number of benzene rings is 1. The zero-order chi connectivity index (χ0) is 20.4. The predicted molar refractivity (Wildman–Crippen MR) is 100 cm³/mol. The van der Waals surface area contributed by atoms with E-state index in [1.165, 1.54) is 29.2 Å². The van der Waals surface area contributed by atoms with Crippen LogP contribution in [0.1, 0.15) is 15.9 Å². The van der Waals surface area contributed by atoms with Gasteiger partial charge in [0.15, 0.2) is 5.82 Å². The summed E-state index contributed by atoms with van der Waals surface area (Å²) in [7, 11) is 0. The fourth-order valence-electron chi connectivity index (χ4n) is 2.86. The molecule has 0 aliphatic rings. The Balaban J connectivity index is 1.80. The van der Waals surface area contributed by atoms with Crippen LogP contribution in [0.25, 0.3) is 11.5 Å². The summed E-state index contributed by atoms with van der Waals surface area (Å²) >= 11 is 0. The maximum atomic E-state index is 13.1. The van der Waals surface area contributed by atoms with Crippen molar-refractivity contribution < 1.29 is 18.0 Å². The number of amides is 1. The van der Waals surface area contributed by atoms with Crippen molar-refractivity contribution in [2.45, 2.75) is 6.18 Å². The first kappa shape index (κ1) is 18.5. The fourth-order valence-corrected chi connectivity index (χ4v) is 2.86. The van der Waals surface area contributed by atoms with Gasteiger partial charge in [-0.05, 0) is 42.5 Å². The Labute approximate surface area is 163 Å². The minimum Gasteiger partial charge on any atom is -0.320 e. The number of carbonyl (C=O) groups excluding carboxylic acids is 1. The van der Waals surface area contributed by atoms with Gasteiger partial charge in [-0.25, -0.2) is 4.68 Å². The molecule has 0 saturated carbocycles. The summed E-state index contributed by atoms with van der Waals surface area (Å²) in [6.45, 7) is 0. The molecule has 3 aromatic heterocycles. The summed E-state index contributed by atoms with van der Waals surface area (Å²) in [4.78, 5) is 16.8. The zero-order valence-electron chi connectivity index (χ0n) is 14.8. The summed E-state index contributed by atoms with van der Waals surface area (Å²) < 4.78 is 42.3. The van der Waals surface area contributed by atoms with Gasteiger partial charge in [0, 0.05) is 18.6 Å². The SMILES string of the molecule is O=C(Nc1cccnc1)c1cnn(-c2cccc(C(F)(F)F)c2)c1-n1cccc1. The highest BCUT2D eigenvalue weighted by Gasteiger charge is 2.31. The van der Waals surface area contributed by atoms with Gasteiger partial charge in [-0.15, -0.1) is 0 Å². The van der Waals surface area contributed by atoms with Crippen LogP contribution in [0.4, 0.5) is 18.9 Å². The van der Waals surface area contributed by atoms with Crippen LogP contribution in [0.2, 0.25) is 0 Å². The number of nitrogens with zero attached hydrogens (tertiary/aromatic N) is 4. The fraction of sp³-hybridized carbons (Fsp3) is 0.0500. The van der Waals surface area contributed by atoms with Gasteiger partial charge in [0.1, 0.15) is 5.56 Å². The van der Waals surface area contributed by atoms with Crippen LogP contribution >= 0.6 is 0 Å². The molecule has 146 valence electrons. The van der Waals surface area contributed by atoms with Gasteiger partial charge in [-0.3, -0.25) is 9.78 Å². The Bertz CT molecular complexity index is 1130. The second-order valence-corrected chi connectivity index (χ2v) is 6.13. The van der Waals surface area contributed by atoms with Crippen LogP contribution in [-0.4, -0.2) is 25.2 Å². The van der Waals surface area contributed by atoms with Crippen LogP contribution < -0.4 is 5.32 Å². The Morgan fingerprint density at radius 3 is 2.48 bits per heavy atom. The number of pyridine rings is 1. The molecule has 3 heterocycles. The van der Waals surface area contributed by atoms with E-state index in [1.807, 2.05) is 0 Å². The number of halogens is 3. The lowest BCUT2D eigenvalue weighted by Crippen LogP contribution is -2.15. The average Bonchev–Trinajstić information content (AvgIpc) is 3.37. The number of aromatic nitrogens is 4. The predicted octanol–water partition coefficient (Wildman–Crippen LogP) is 4.33. The summed E-state index contributed by atoms with van der Waals surface area (Å²) in [5.41, 5.74) is 0.0690. The molecule has 0 aliphatic heterocycles. The van der Waals surface area contributed by atoms with E-state index in [9.17, 15) is 18.0 Å². The van der Waals surface area contributed by atoms with E-state index in [1.54, 1.807) is 47.4 Å². The van der Waals surface area contributed by atoms with Crippen molar-refractivity contribution in [1.29, 1.82) is 0 Å². The van der Waals surface area contributed by atoms with Crippen molar-refractivity contribution in [3.63, 3.8) is 0 Å². The molecule has 0 unspecified atom stereocenters. The third kappa shape index (κ3) is 3.75. The number of nitrogens with one attached hydrogen (secondary N) is 1. The maximum absolute atomic E-state index is 13.1. The quantitative estimate of drug-likeness (QED) is 0.558. The van der Waals surface area contributed by atoms with Crippen molar-refractivity contribution in [1.82, 2.24) is 19.3 Å². The number of hydrogen-bond donors (Lipinski definition) is 1. The molecular weight excluding hydrogens is 383 g/mol. The molecule has 0 spiro atoms. The van der Waals surface area contributed by atoms with E-state index < -0.39 is 17.6 Å². The van der Waals surface area contributed by atoms with Crippen LogP contribution in [-0.2, 0) is 6.18 Å². The molecule has 0 bridgehead atoms. The van der Waals surface area contributed by atoms with Crippen molar-refractivity contribution in [2.24, 2.45) is 0 Å². The third-order valence-corrected chi connectivity index (χ3v) is 4.17. The van der Waals surface area contributed by atoms with Gasteiger partial charge in [-0.2, -0.15) is 18.3 Å². The molecule has 9 heteroatoms. The Hall–Kier alpha value is -3.88. The first-order chi connectivity index (χ1) is 13.9. The second kappa shape index (κ2) is 7.27. The molecule has 6 nitrogen and oxygen atoms in total. The molecule has 1 N–H and O–H groups in total. The molecule has 4 aromatic rings. The second-order valence-electron chi connectivity index (χ2n) is 6.13. The average molecular weight is 397 g/mol. The third-order valence-electron chi connectivity index (χ3n) is 4.17.